The minimum atomic E-state index is -4.63. The maximum absolute atomic E-state index is 13.0. The normalized spacial score (nSPS) is 13.6. The summed E-state index contributed by atoms with van der Waals surface area (Å²) in [5, 5.41) is 0. The van der Waals surface area contributed by atoms with Gasteiger partial charge in [0.1, 0.15) is 5.92 Å². The molecule has 0 aliphatic carbocycles. The Morgan fingerprint density at radius 1 is 1.14 bits per heavy atom. The van der Waals surface area contributed by atoms with E-state index in [1.807, 2.05) is 0 Å². The highest BCUT2D eigenvalue weighted by Gasteiger charge is 2.35. The van der Waals surface area contributed by atoms with E-state index in [1.54, 1.807) is 0 Å². The number of rotatable bonds is 7. The molecule has 150 valence electrons. The van der Waals surface area contributed by atoms with Gasteiger partial charge in [-0.05, 0) is 24.1 Å². The second-order valence-electron chi connectivity index (χ2n) is 5.84. The highest BCUT2D eigenvalue weighted by molar-refractivity contribution is 7.78. The van der Waals surface area contributed by atoms with Crippen molar-refractivity contribution in [2.24, 2.45) is 0 Å². The molecule has 0 saturated carbocycles. The minimum absolute atomic E-state index is 0.0389. The second-order valence-corrected chi connectivity index (χ2v) is 6.77. The van der Waals surface area contributed by atoms with Crippen molar-refractivity contribution < 1.29 is 36.3 Å². The summed E-state index contributed by atoms with van der Waals surface area (Å²) in [6, 6.07) is 9.57. The van der Waals surface area contributed by atoms with Crippen molar-refractivity contribution in [1.29, 1.82) is 0 Å². The predicted octanol–water partition coefficient (Wildman–Crippen LogP) is 3.96. The van der Waals surface area contributed by atoms with E-state index in [0.29, 0.717) is 5.56 Å². The first-order valence-corrected chi connectivity index (χ1v) is 9.45. The Hall–Kier alpha value is -2.52. The van der Waals surface area contributed by atoms with Crippen LogP contribution in [-0.2, 0) is 32.5 Å². The number of esters is 1. The number of benzene rings is 2. The Balaban J connectivity index is 2.42. The molecule has 2 aromatic rings. The first-order chi connectivity index (χ1) is 13.1. The van der Waals surface area contributed by atoms with Crippen molar-refractivity contribution in [2.45, 2.75) is 24.8 Å². The van der Waals surface area contributed by atoms with Crippen LogP contribution in [0.5, 0.6) is 0 Å². The van der Waals surface area contributed by atoms with Gasteiger partial charge >= 0.3 is 12.1 Å². The molecule has 0 aliphatic heterocycles. The zero-order valence-corrected chi connectivity index (χ0v) is 15.5. The largest absolute Gasteiger partial charge is 0.465 e. The van der Waals surface area contributed by atoms with Crippen LogP contribution in [-0.4, -0.2) is 27.1 Å². The lowest BCUT2D eigenvalue weighted by Crippen LogP contribution is -2.25. The van der Waals surface area contributed by atoms with Crippen LogP contribution in [0.25, 0.3) is 0 Å². The van der Waals surface area contributed by atoms with Crippen molar-refractivity contribution in [2.75, 3.05) is 6.61 Å². The van der Waals surface area contributed by atoms with Gasteiger partial charge in [0.05, 0.1) is 17.9 Å². The Kier molecular flexibility index (Phi) is 7.09. The number of carbonyl (C=O) groups excluding carboxylic acids is 2. The highest BCUT2D eigenvalue weighted by Crippen LogP contribution is 2.32. The Labute approximate surface area is 161 Å². The summed E-state index contributed by atoms with van der Waals surface area (Å²) < 4.78 is 63.7. The van der Waals surface area contributed by atoms with Crippen LogP contribution in [0, 0.1) is 0 Å². The number of carbonyl (C=O) groups is 2. The van der Waals surface area contributed by atoms with Crippen molar-refractivity contribution in [3.8, 4) is 0 Å². The lowest BCUT2D eigenvalue weighted by atomic mass is 9.89. The number of alkyl halides is 3. The second kappa shape index (κ2) is 9.11. The van der Waals surface area contributed by atoms with Crippen molar-refractivity contribution in [3.05, 3.63) is 70.8 Å². The fourth-order valence-corrected chi connectivity index (χ4v) is 3.07. The molecule has 1 N–H and O–H groups in total. The standard InChI is InChI=1S/C19H17F3O5S/c1-2-27-18(24)16(14-4-3-5-15(10-14)19(20,21)22)17(23)13-8-6-12(7-9-13)11-28(25)26/h3-10,16H,2,11H2,1H3,(H,25,26). The smallest absolute Gasteiger partial charge is 0.416 e. The van der Waals surface area contributed by atoms with Crippen molar-refractivity contribution in [1.82, 2.24) is 0 Å². The number of Topliss-reactive ketones (excluding diaryl/α,β-unsaturated/α-hetero) is 1. The SMILES string of the molecule is CCOC(=O)C(C(=O)c1ccc(CS(=O)O)cc1)c1cccc(C(F)(F)F)c1. The van der Waals surface area contributed by atoms with Crippen molar-refractivity contribution >= 4 is 22.8 Å². The number of halogens is 3. The molecular formula is C19H17F3O5S. The van der Waals surface area contributed by atoms with Gasteiger partial charge in [0.25, 0.3) is 0 Å². The molecule has 0 heterocycles. The van der Waals surface area contributed by atoms with Crippen LogP contribution in [0.2, 0.25) is 0 Å². The van der Waals surface area contributed by atoms with Gasteiger partial charge in [-0.2, -0.15) is 13.2 Å². The van der Waals surface area contributed by atoms with Crippen molar-refractivity contribution in [3.63, 3.8) is 0 Å². The van der Waals surface area contributed by atoms with E-state index in [9.17, 15) is 27.0 Å². The summed E-state index contributed by atoms with van der Waals surface area (Å²) in [7, 11) is 0. The summed E-state index contributed by atoms with van der Waals surface area (Å²) >= 11 is -2.06. The molecule has 0 amide bonds. The average Bonchev–Trinajstić information content (AvgIpc) is 2.62. The highest BCUT2D eigenvalue weighted by atomic mass is 32.2. The van der Waals surface area contributed by atoms with Crippen LogP contribution in [0.1, 0.15) is 39.9 Å². The third-order valence-corrected chi connectivity index (χ3v) is 4.44. The lowest BCUT2D eigenvalue weighted by Gasteiger charge is -2.17. The molecular weight excluding hydrogens is 397 g/mol. The molecule has 2 aromatic carbocycles. The summed E-state index contributed by atoms with van der Waals surface area (Å²) in [6.07, 6.45) is -4.63. The predicted molar refractivity (Wildman–Crippen MR) is 96.1 cm³/mol. The molecule has 0 fully saturated rings. The van der Waals surface area contributed by atoms with Gasteiger partial charge < -0.3 is 9.29 Å². The van der Waals surface area contributed by atoms with E-state index < -0.39 is 40.5 Å². The number of ether oxygens (including phenoxy) is 1. The third kappa shape index (κ3) is 5.49. The maximum Gasteiger partial charge on any atom is 0.416 e. The van der Waals surface area contributed by atoms with Gasteiger partial charge in [0.2, 0.25) is 0 Å². The zero-order valence-electron chi connectivity index (χ0n) is 14.7. The molecule has 2 rings (SSSR count). The molecule has 0 bridgehead atoms. The van der Waals surface area contributed by atoms with E-state index >= 15 is 0 Å². The van der Waals surface area contributed by atoms with Crippen LogP contribution in [0.4, 0.5) is 13.2 Å². The van der Waals surface area contributed by atoms with Crippen LogP contribution in [0.3, 0.4) is 0 Å². The Bertz CT molecular complexity index is 878. The lowest BCUT2D eigenvalue weighted by molar-refractivity contribution is -0.144. The molecule has 0 saturated heterocycles. The van der Waals surface area contributed by atoms with Gasteiger partial charge in [0, 0.05) is 5.56 Å². The molecule has 2 atom stereocenters. The van der Waals surface area contributed by atoms with E-state index in [2.05, 4.69) is 0 Å². The topological polar surface area (TPSA) is 80.7 Å². The third-order valence-electron chi connectivity index (χ3n) is 3.86. The fourth-order valence-electron chi connectivity index (χ4n) is 2.59. The number of hydrogen-bond acceptors (Lipinski definition) is 4. The molecule has 0 aliphatic rings. The first-order valence-electron chi connectivity index (χ1n) is 8.18. The minimum Gasteiger partial charge on any atom is -0.465 e. The molecule has 0 radical (unpaired) electrons. The summed E-state index contributed by atoms with van der Waals surface area (Å²) in [5.74, 6) is -3.37. The Morgan fingerprint density at radius 3 is 2.32 bits per heavy atom. The number of hydrogen-bond donors (Lipinski definition) is 1. The monoisotopic (exact) mass is 414 g/mol. The van der Waals surface area contributed by atoms with Gasteiger partial charge in [-0.25, -0.2) is 4.21 Å². The maximum atomic E-state index is 13.0. The Morgan fingerprint density at radius 2 is 1.79 bits per heavy atom. The van der Waals surface area contributed by atoms with E-state index in [-0.39, 0.29) is 23.5 Å². The van der Waals surface area contributed by atoms with E-state index in [4.69, 9.17) is 9.29 Å². The van der Waals surface area contributed by atoms with Crippen LogP contribution >= 0.6 is 0 Å². The first kappa shape index (κ1) is 21.8. The summed E-state index contributed by atoms with van der Waals surface area (Å²) in [5.41, 5.74) is -0.543. The molecule has 5 nitrogen and oxygen atoms in total. The van der Waals surface area contributed by atoms with Gasteiger partial charge in [-0.3, -0.25) is 9.59 Å². The molecule has 0 spiro atoms. The van der Waals surface area contributed by atoms with E-state index in [1.165, 1.54) is 37.3 Å². The van der Waals surface area contributed by atoms with Crippen LogP contribution < -0.4 is 0 Å². The van der Waals surface area contributed by atoms with Crippen LogP contribution in [0.15, 0.2) is 48.5 Å². The number of ketones is 1. The van der Waals surface area contributed by atoms with Gasteiger partial charge in [-0.1, -0.05) is 42.5 Å². The molecule has 2 unspecified atom stereocenters. The zero-order chi connectivity index (χ0) is 20.9. The van der Waals surface area contributed by atoms with Gasteiger partial charge in [0.15, 0.2) is 16.9 Å². The summed E-state index contributed by atoms with van der Waals surface area (Å²) in [4.78, 5) is 25.2. The molecule has 0 aromatic heterocycles. The molecule has 9 heteroatoms. The fraction of sp³-hybridized carbons (Fsp3) is 0.263. The quantitative estimate of drug-likeness (QED) is 0.321. The average molecular weight is 414 g/mol. The van der Waals surface area contributed by atoms with Gasteiger partial charge in [-0.15, -0.1) is 0 Å². The molecule has 28 heavy (non-hydrogen) atoms. The summed E-state index contributed by atoms with van der Waals surface area (Å²) in [6.45, 7) is 1.48. The van der Waals surface area contributed by atoms with E-state index in [0.717, 1.165) is 18.2 Å².